The van der Waals surface area contributed by atoms with Crippen molar-refractivity contribution in [3.05, 3.63) is 0 Å². The molecule has 0 rings (SSSR count). The number of hydrogen-bond acceptors (Lipinski definition) is 0. The van der Waals surface area contributed by atoms with E-state index in [9.17, 15) is 0 Å². The highest BCUT2D eigenvalue weighted by atomic mass is 15.3. The third kappa shape index (κ3) is 7.77. The fourth-order valence-electron chi connectivity index (χ4n) is 2.53. The van der Waals surface area contributed by atoms with E-state index in [1.807, 2.05) is 0 Å². The lowest BCUT2D eigenvalue weighted by molar-refractivity contribution is -0.923. The van der Waals surface area contributed by atoms with E-state index in [1.54, 1.807) is 0 Å². The molecule has 17 heavy (non-hydrogen) atoms. The van der Waals surface area contributed by atoms with E-state index < -0.39 is 0 Å². The van der Waals surface area contributed by atoms with Crippen LogP contribution in [-0.4, -0.2) is 62.8 Å². The summed E-state index contributed by atoms with van der Waals surface area (Å²) in [5.74, 6) is 0. The van der Waals surface area contributed by atoms with Gasteiger partial charge in [-0.2, -0.15) is 0 Å². The van der Waals surface area contributed by atoms with Gasteiger partial charge in [0.25, 0.3) is 0 Å². The van der Waals surface area contributed by atoms with E-state index >= 15 is 0 Å². The van der Waals surface area contributed by atoms with E-state index in [0.29, 0.717) is 0 Å². The quantitative estimate of drug-likeness (QED) is 0.409. The van der Waals surface area contributed by atoms with Crippen LogP contribution in [0.2, 0.25) is 0 Å². The molecule has 0 bridgehead atoms. The van der Waals surface area contributed by atoms with E-state index in [0.717, 1.165) is 4.48 Å². The van der Waals surface area contributed by atoms with Gasteiger partial charge in [-0.05, 0) is 46.5 Å². The van der Waals surface area contributed by atoms with Crippen molar-refractivity contribution in [2.75, 3.05) is 53.9 Å². The second-order valence-electron chi connectivity index (χ2n) is 6.44. The predicted octanol–water partition coefficient (Wildman–Crippen LogP) is 3.13. The maximum Gasteiger partial charge on any atom is 0.0786 e. The third-order valence-corrected chi connectivity index (χ3v) is 4.22. The lowest BCUT2D eigenvalue weighted by Crippen LogP contribution is -2.48. The first-order chi connectivity index (χ1) is 7.89. The summed E-state index contributed by atoms with van der Waals surface area (Å²) in [5.41, 5.74) is 0. The second kappa shape index (κ2) is 8.10. The molecule has 0 heterocycles. The van der Waals surface area contributed by atoms with Crippen molar-refractivity contribution in [1.29, 1.82) is 0 Å². The van der Waals surface area contributed by atoms with Gasteiger partial charge in [-0.3, -0.25) is 0 Å². The Kier molecular flexibility index (Phi) is 8.06. The van der Waals surface area contributed by atoms with Crippen LogP contribution in [0.3, 0.4) is 0 Å². The minimum Gasteiger partial charge on any atom is -0.331 e. The molecule has 0 amide bonds. The Morgan fingerprint density at radius 2 is 1.00 bits per heavy atom. The highest BCUT2D eigenvalue weighted by Crippen LogP contribution is 2.11. The largest absolute Gasteiger partial charge is 0.331 e. The van der Waals surface area contributed by atoms with Gasteiger partial charge in [-0.15, -0.1) is 0 Å². The summed E-state index contributed by atoms with van der Waals surface area (Å²) >= 11 is 0. The number of hydrogen-bond donors (Lipinski definition) is 0. The van der Waals surface area contributed by atoms with Gasteiger partial charge < -0.3 is 8.97 Å². The van der Waals surface area contributed by atoms with Crippen LogP contribution in [0.5, 0.6) is 0 Å². The molecule has 0 aliphatic rings. The fourth-order valence-corrected chi connectivity index (χ4v) is 2.53. The number of rotatable bonds is 10. The number of nitrogens with zero attached hydrogens (tertiary/aromatic N) is 2. The minimum absolute atomic E-state index is 1.11. The number of unbranched alkanes of at least 4 members (excludes halogenated alkanes) is 3. The topological polar surface area (TPSA) is 0 Å². The van der Waals surface area contributed by atoms with Crippen molar-refractivity contribution in [2.45, 2.75) is 46.5 Å². The zero-order chi connectivity index (χ0) is 13.4. The zero-order valence-corrected chi connectivity index (χ0v) is 13.3. The Morgan fingerprint density at radius 1 is 0.588 bits per heavy atom. The van der Waals surface area contributed by atoms with Crippen molar-refractivity contribution in [1.82, 2.24) is 0 Å². The van der Waals surface area contributed by atoms with Gasteiger partial charge in [-0.1, -0.05) is 0 Å². The van der Waals surface area contributed by atoms with Crippen LogP contribution in [0.4, 0.5) is 0 Å². The first-order valence-corrected chi connectivity index (χ1v) is 7.54. The van der Waals surface area contributed by atoms with Crippen molar-refractivity contribution in [3.63, 3.8) is 0 Å². The van der Waals surface area contributed by atoms with Gasteiger partial charge in [0.05, 0.1) is 53.9 Å². The Hall–Kier alpha value is -0.0800. The minimum atomic E-state index is 1.11. The molecule has 0 fully saturated rings. The van der Waals surface area contributed by atoms with Gasteiger partial charge in [-0.25, -0.2) is 0 Å². The summed E-state index contributed by atoms with van der Waals surface area (Å²) < 4.78 is 2.42. The van der Waals surface area contributed by atoms with Crippen LogP contribution in [0.1, 0.15) is 46.5 Å². The lowest BCUT2D eigenvalue weighted by atomic mass is 10.1. The van der Waals surface area contributed by atoms with Crippen LogP contribution in [0.25, 0.3) is 0 Å². The fraction of sp³-hybridized carbons (Fsp3) is 1.00. The zero-order valence-electron chi connectivity index (χ0n) is 13.3. The molecule has 104 valence electrons. The van der Waals surface area contributed by atoms with Crippen LogP contribution in [0, 0.1) is 0 Å². The monoisotopic (exact) mass is 244 g/mol. The molecule has 0 saturated carbocycles. The van der Waals surface area contributed by atoms with E-state index in [4.69, 9.17) is 0 Å². The molecule has 0 aliphatic heterocycles. The van der Waals surface area contributed by atoms with Gasteiger partial charge in [0, 0.05) is 0 Å². The predicted molar refractivity (Wildman–Crippen MR) is 78.1 cm³/mol. The third-order valence-electron chi connectivity index (χ3n) is 4.22. The van der Waals surface area contributed by atoms with Gasteiger partial charge in [0.15, 0.2) is 0 Å². The molecular formula is C15H36N2+2. The van der Waals surface area contributed by atoms with Crippen LogP contribution in [0.15, 0.2) is 0 Å². The molecule has 2 heteroatoms. The summed E-state index contributed by atoms with van der Waals surface area (Å²) in [6, 6.07) is 0. The Balaban J connectivity index is 3.63. The summed E-state index contributed by atoms with van der Waals surface area (Å²) in [5, 5.41) is 0. The molecule has 2 nitrogen and oxygen atoms in total. The molecule has 0 aliphatic carbocycles. The SMILES string of the molecule is CC[N+](CC)(CC)CCCCCC[N+](C)(C)C. The lowest BCUT2D eigenvalue weighted by Gasteiger charge is -2.35. The summed E-state index contributed by atoms with van der Waals surface area (Å²) in [7, 11) is 6.85. The van der Waals surface area contributed by atoms with Crippen molar-refractivity contribution < 1.29 is 8.97 Å². The second-order valence-corrected chi connectivity index (χ2v) is 6.44. The summed E-state index contributed by atoms with van der Waals surface area (Å²) in [4.78, 5) is 0. The molecule has 0 saturated heterocycles. The molecule has 0 spiro atoms. The van der Waals surface area contributed by atoms with Gasteiger partial charge in [0.1, 0.15) is 0 Å². The van der Waals surface area contributed by atoms with Crippen LogP contribution in [-0.2, 0) is 0 Å². The first kappa shape index (κ1) is 16.9. The van der Waals surface area contributed by atoms with Crippen LogP contribution >= 0.6 is 0 Å². The Labute approximate surface area is 110 Å². The maximum atomic E-state index is 2.34. The molecule has 0 aromatic carbocycles. The molecule has 0 radical (unpaired) electrons. The molecule has 0 unspecified atom stereocenters. The standard InChI is InChI=1S/C15H36N2/c1-7-17(8-2,9-3)15-13-11-10-12-14-16(4,5)6/h7-15H2,1-6H3/q+2. The summed E-state index contributed by atoms with van der Waals surface area (Å²) in [6.07, 6.45) is 5.62. The van der Waals surface area contributed by atoms with E-state index in [1.165, 1.54) is 62.9 Å². The molecule has 0 aromatic heterocycles. The molecule has 0 aromatic rings. The van der Waals surface area contributed by atoms with Gasteiger partial charge in [0.2, 0.25) is 0 Å². The first-order valence-electron chi connectivity index (χ1n) is 7.54. The molecule has 0 N–H and O–H groups in total. The normalized spacial score (nSPS) is 13.1. The van der Waals surface area contributed by atoms with Gasteiger partial charge >= 0.3 is 0 Å². The van der Waals surface area contributed by atoms with Crippen LogP contribution < -0.4 is 0 Å². The molecule has 0 atom stereocenters. The highest BCUT2D eigenvalue weighted by molar-refractivity contribution is 4.45. The average molecular weight is 244 g/mol. The van der Waals surface area contributed by atoms with Crippen molar-refractivity contribution in [2.24, 2.45) is 0 Å². The summed E-state index contributed by atoms with van der Waals surface area (Å²) in [6.45, 7) is 13.6. The highest BCUT2D eigenvalue weighted by Gasteiger charge is 2.19. The van der Waals surface area contributed by atoms with E-state index in [2.05, 4.69) is 41.9 Å². The smallest absolute Gasteiger partial charge is 0.0786 e. The van der Waals surface area contributed by atoms with Crippen molar-refractivity contribution >= 4 is 0 Å². The maximum absolute atomic E-state index is 2.34. The molecular weight excluding hydrogens is 208 g/mol. The Morgan fingerprint density at radius 3 is 1.35 bits per heavy atom. The Bertz CT molecular complexity index is 170. The van der Waals surface area contributed by atoms with E-state index in [-0.39, 0.29) is 0 Å². The average Bonchev–Trinajstić information content (AvgIpc) is 2.28. The number of quaternary nitrogens is 2. The van der Waals surface area contributed by atoms with Crippen molar-refractivity contribution in [3.8, 4) is 0 Å².